The van der Waals surface area contributed by atoms with Gasteiger partial charge >= 0.3 is 0 Å². The molecule has 0 radical (unpaired) electrons. The highest BCUT2D eigenvalue weighted by atomic mass is 32.2. The van der Waals surface area contributed by atoms with E-state index < -0.39 is 20.9 Å². The molecule has 1 aliphatic rings. The van der Waals surface area contributed by atoms with Crippen LogP contribution in [0.25, 0.3) is 0 Å². The number of hydrogen-bond acceptors (Lipinski definition) is 3. The molecule has 0 aliphatic heterocycles. The zero-order chi connectivity index (χ0) is 17.2. The van der Waals surface area contributed by atoms with Crippen LogP contribution < -0.4 is 0 Å². The SMILES string of the molecule is CC(C1(N(Cc2ccccc2)Cc2ccccc2)CC1)S(=O)(=O)O. The minimum Gasteiger partial charge on any atom is -0.288 e. The standard InChI is InChI=1S/C19H23NO3S/c1-16(24(21,22)23)19(12-13-19)20(14-17-8-4-2-5-9-17)15-18-10-6-3-7-11-18/h2-11,16H,12-15H2,1H3,(H,21,22,23). The summed E-state index contributed by atoms with van der Waals surface area (Å²) in [6, 6.07) is 20.1. The molecule has 1 unspecified atom stereocenters. The van der Waals surface area contributed by atoms with Gasteiger partial charge < -0.3 is 0 Å². The third kappa shape index (κ3) is 3.69. The van der Waals surface area contributed by atoms with Crippen LogP contribution in [-0.4, -0.2) is 28.7 Å². The molecule has 1 fully saturated rings. The summed E-state index contributed by atoms with van der Waals surface area (Å²) in [7, 11) is -4.07. The molecule has 1 saturated carbocycles. The van der Waals surface area contributed by atoms with Crippen molar-refractivity contribution < 1.29 is 13.0 Å². The molecule has 0 amide bonds. The van der Waals surface area contributed by atoms with Crippen molar-refractivity contribution in [2.75, 3.05) is 0 Å². The summed E-state index contributed by atoms with van der Waals surface area (Å²) >= 11 is 0. The van der Waals surface area contributed by atoms with E-state index in [4.69, 9.17) is 0 Å². The molecule has 4 nitrogen and oxygen atoms in total. The van der Waals surface area contributed by atoms with Crippen LogP contribution in [0, 0.1) is 0 Å². The maximum Gasteiger partial charge on any atom is 0.269 e. The highest BCUT2D eigenvalue weighted by molar-refractivity contribution is 7.86. The van der Waals surface area contributed by atoms with Crippen LogP contribution in [-0.2, 0) is 23.2 Å². The fraction of sp³-hybridized carbons (Fsp3) is 0.368. The van der Waals surface area contributed by atoms with E-state index in [1.807, 2.05) is 60.7 Å². The van der Waals surface area contributed by atoms with Crippen LogP contribution in [0.5, 0.6) is 0 Å². The molecule has 0 saturated heterocycles. The second kappa shape index (κ2) is 6.67. The van der Waals surface area contributed by atoms with Gasteiger partial charge in [0, 0.05) is 18.6 Å². The largest absolute Gasteiger partial charge is 0.288 e. The Morgan fingerprint density at radius 2 is 1.38 bits per heavy atom. The third-order valence-corrected chi connectivity index (χ3v) is 6.36. The molecule has 0 heterocycles. The first-order valence-corrected chi connectivity index (χ1v) is 9.71. The summed E-state index contributed by atoms with van der Waals surface area (Å²) in [6.07, 6.45) is 1.57. The Hall–Kier alpha value is -1.69. The van der Waals surface area contributed by atoms with Gasteiger partial charge in [0.2, 0.25) is 0 Å². The molecule has 128 valence electrons. The summed E-state index contributed by atoms with van der Waals surface area (Å²) in [4.78, 5) is 2.20. The van der Waals surface area contributed by atoms with Crippen LogP contribution in [0.2, 0.25) is 0 Å². The van der Waals surface area contributed by atoms with Crippen molar-refractivity contribution in [3.05, 3.63) is 71.8 Å². The maximum absolute atomic E-state index is 11.8. The van der Waals surface area contributed by atoms with Crippen molar-refractivity contribution in [2.45, 2.75) is 43.6 Å². The molecule has 24 heavy (non-hydrogen) atoms. The Labute approximate surface area is 143 Å². The molecule has 0 spiro atoms. The van der Waals surface area contributed by atoms with E-state index in [1.165, 1.54) is 0 Å². The van der Waals surface area contributed by atoms with Gasteiger partial charge in [0.15, 0.2) is 0 Å². The van der Waals surface area contributed by atoms with Crippen LogP contribution in [0.1, 0.15) is 30.9 Å². The van der Waals surface area contributed by atoms with Crippen molar-refractivity contribution in [3.8, 4) is 0 Å². The molecule has 0 bridgehead atoms. The second-order valence-corrected chi connectivity index (χ2v) is 8.33. The lowest BCUT2D eigenvalue weighted by molar-refractivity contribution is 0.152. The zero-order valence-corrected chi connectivity index (χ0v) is 14.6. The lowest BCUT2D eigenvalue weighted by atomic mass is 10.1. The van der Waals surface area contributed by atoms with Gasteiger partial charge in [-0.2, -0.15) is 8.42 Å². The van der Waals surface area contributed by atoms with Gasteiger partial charge in [0.05, 0.1) is 0 Å². The summed E-state index contributed by atoms with van der Waals surface area (Å²) < 4.78 is 33.1. The molecule has 1 N–H and O–H groups in total. The van der Waals surface area contributed by atoms with E-state index in [2.05, 4.69) is 4.90 Å². The molecule has 1 atom stereocenters. The quantitative estimate of drug-likeness (QED) is 0.780. The van der Waals surface area contributed by atoms with Crippen LogP contribution in [0.15, 0.2) is 60.7 Å². The van der Waals surface area contributed by atoms with Crippen molar-refractivity contribution in [2.24, 2.45) is 0 Å². The second-order valence-electron chi connectivity index (χ2n) is 6.59. The minimum absolute atomic E-state index is 0.487. The van der Waals surface area contributed by atoms with Crippen molar-refractivity contribution in [1.29, 1.82) is 0 Å². The Kier molecular flexibility index (Phi) is 4.76. The van der Waals surface area contributed by atoms with Crippen molar-refractivity contribution >= 4 is 10.1 Å². The predicted octanol–water partition coefficient (Wildman–Crippen LogP) is 3.50. The molecule has 2 aromatic rings. The highest BCUT2D eigenvalue weighted by Gasteiger charge is 2.56. The molecule has 1 aliphatic carbocycles. The first kappa shape index (κ1) is 17.1. The van der Waals surface area contributed by atoms with E-state index >= 15 is 0 Å². The maximum atomic E-state index is 11.8. The molecule has 5 heteroatoms. The fourth-order valence-electron chi connectivity index (χ4n) is 3.36. The van der Waals surface area contributed by atoms with Crippen molar-refractivity contribution in [1.82, 2.24) is 4.90 Å². The summed E-state index contributed by atoms with van der Waals surface area (Å²) in [5, 5.41) is -0.794. The number of rotatable bonds is 7. The van der Waals surface area contributed by atoms with Gasteiger partial charge in [-0.25, -0.2) is 0 Å². The van der Waals surface area contributed by atoms with Gasteiger partial charge in [0.1, 0.15) is 5.25 Å². The molecule has 2 aromatic carbocycles. The van der Waals surface area contributed by atoms with Gasteiger partial charge in [-0.1, -0.05) is 60.7 Å². The first-order valence-electron chi connectivity index (χ1n) is 8.21. The molecule has 0 aromatic heterocycles. The van der Waals surface area contributed by atoms with E-state index in [-0.39, 0.29) is 0 Å². The number of hydrogen-bond donors (Lipinski definition) is 1. The third-order valence-electron chi connectivity index (χ3n) is 5.03. The topological polar surface area (TPSA) is 57.6 Å². The van der Waals surface area contributed by atoms with E-state index in [0.717, 1.165) is 24.0 Å². The van der Waals surface area contributed by atoms with Crippen LogP contribution in [0.3, 0.4) is 0 Å². The number of benzene rings is 2. The summed E-state index contributed by atoms with van der Waals surface area (Å²) in [5.41, 5.74) is 1.80. The first-order chi connectivity index (χ1) is 11.4. The minimum atomic E-state index is -4.07. The summed E-state index contributed by atoms with van der Waals surface area (Å²) in [5.74, 6) is 0. The number of nitrogens with zero attached hydrogens (tertiary/aromatic N) is 1. The summed E-state index contributed by atoms with van der Waals surface area (Å²) in [6.45, 7) is 2.94. The lowest BCUT2D eigenvalue weighted by Gasteiger charge is -2.35. The van der Waals surface area contributed by atoms with Crippen LogP contribution >= 0.6 is 0 Å². The smallest absolute Gasteiger partial charge is 0.269 e. The Morgan fingerprint density at radius 1 is 0.958 bits per heavy atom. The van der Waals surface area contributed by atoms with E-state index in [9.17, 15) is 13.0 Å². The highest BCUT2D eigenvalue weighted by Crippen LogP contribution is 2.48. The lowest BCUT2D eigenvalue weighted by Crippen LogP contribution is -2.47. The Morgan fingerprint density at radius 3 is 1.71 bits per heavy atom. The molecular weight excluding hydrogens is 322 g/mol. The normalized spacial score (nSPS) is 17.6. The monoisotopic (exact) mass is 345 g/mol. The van der Waals surface area contributed by atoms with E-state index in [1.54, 1.807) is 6.92 Å². The predicted molar refractivity (Wildman–Crippen MR) is 95.1 cm³/mol. The molecular formula is C19H23NO3S. The fourth-order valence-corrected chi connectivity index (χ4v) is 4.30. The van der Waals surface area contributed by atoms with E-state index in [0.29, 0.717) is 13.1 Å². The Bertz CT molecular complexity index is 729. The van der Waals surface area contributed by atoms with Gasteiger partial charge in [0.25, 0.3) is 10.1 Å². The van der Waals surface area contributed by atoms with Gasteiger partial charge in [-0.05, 0) is 30.9 Å². The Balaban J connectivity index is 1.90. The van der Waals surface area contributed by atoms with Crippen molar-refractivity contribution in [3.63, 3.8) is 0 Å². The molecule has 3 rings (SSSR count). The van der Waals surface area contributed by atoms with Gasteiger partial charge in [-0.15, -0.1) is 0 Å². The zero-order valence-electron chi connectivity index (χ0n) is 13.8. The van der Waals surface area contributed by atoms with Gasteiger partial charge in [-0.3, -0.25) is 9.45 Å². The average Bonchev–Trinajstić information content (AvgIpc) is 3.36. The van der Waals surface area contributed by atoms with Crippen LogP contribution in [0.4, 0.5) is 0 Å². The average molecular weight is 345 g/mol.